The average Bonchev–Trinajstić information content (AvgIpc) is 2.72. The molecule has 0 fully saturated rings. The minimum atomic E-state index is -0.834. The van der Waals surface area contributed by atoms with Gasteiger partial charge in [-0.05, 0) is 6.42 Å². The maximum atomic E-state index is 11.0. The summed E-state index contributed by atoms with van der Waals surface area (Å²) in [5.74, 6) is -0.512. The normalized spacial score (nSPS) is 12.7. The van der Waals surface area contributed by atoms with Crippen LogP contribution in [0, 0.1) is 0 Å². The van der Waals surface area contributed by atoms with Gasteiger partial charge in [0.05, 0.1) is 0 Å². The molecule has 0 aromatic carbocycles. The zero-order valence-electron chi connectivity index (χ0n) is 10.4. The van der Waals surface area contributed by atoms with E-state index in [9.17, 15) is 4.79 Å². The summed E-state index contributed by atoms with van der Waals surface area (Å²) in [6.45, 7) is 6.12. The molecular weight excluding hydrogens is 238 g/mol. The Morgan fingerprint density at radius 1 is 1.47 bits per heavy atom. The molecule has 5 nitrogen and oxygen atoms in total. The molecule has 0 bridgehead atoms. The molecule has 6 heteroatoms. The Balaban J connectivity index is 2.62. The van der Waals surface area contributed by atoms with Crippen molar-refractivity contribution in [1.82, 2.24) is 10.2 Å². The van der Waals surface area contributed by atoms with Crippen LogP contribution in [0.3, 0.4) is 0 Å². The first-order valence-corrected chi connectivity index (χ1v) is 6.69. The van der Waals surface area contributed by atoms with Crippen LogP contribution < -0.4 is 5.32 Å². The van der Waals surface area contributed by atoms with Crippen molar-refractivity contribution in [1.29, 1.82) is 0 Å². The number of carbonyl (C=O) groups is 1. The van der Waals surface area contributed by atoms with Crippen LogP contribution in [0.4, 0.5) is 5.13 Å². The zero-order valence-corrected chi connectivity index (χ0v) is 11.3. The predicted molar refractivity (Wildman–Crippen MR) is 68.6 cm³/mol. The first-order chi connectivity index (χ1) is 8.04. The molecule has 0 radical (unpaired) electrons. The van der Waals surface area contributed by atoms with Crippen LogP contribution in [0.5, 0.6) is 0 Å². The molecular formula is C11H19N3O2S. The van der Waals surface area contributed by atoms with Crippen molar-refractivity contribution in [2.75, 3.05) is 5.32 Å². The molecule has 1 heterocycles. The van der Waals surface area contributed by atoms with Gasteiger partial charge in [0.1, 0.15) is 11.0 Å². The molecule has 1 atom stereocenters. The van der Waals surface area contributed by atoms with Gasteiger partial charge in [0, 0.05) is 5.92 Å². The van der Waals surface area contributed by atoms with Gasteiger partial charge >= 0.3 is 5.97 Å². The van der Waals surface area contributed by atoms with Gasteiger partial charge in [-0.2, -0.15) is 0 Å². The smallest absolute Gasteiger partial charge is 0.326 e. The van der Waals surface area contributed by atoms with E-state index in [4.69, 9.17) is 5.11 Å². The quantitative estimate of drug-likeness (QED) is 0.785. The summed E-state index contributed by atoms with van der Waals surface area (Å²) in [7, 11) is 0. The minimum absolute atomic E-state index is 0.321. The number of aliphatic carboxylic acids is 1. The maximum absolute atomic E-state index is 11.0. The van der Waals surface area contributed by atoms with Crippen molar-refractivity contribution in [3.8, 4) is 0 Å². The molecule has 0 saturated carbocycles. The predicted octanol–water partition coefficient (Wildman–Crippen LogP) is 2.72. The van der Waals surface area contributed by atoms with E-state index in [0.29, 0.717) is 17.5 Å². The first kappa shape index (κ1) is 13.9. The Morgan fingerprint density at radius 2 is 2.18 bits per heavy atom. The number of hydrogen-bond donors (Lipinski definition) is 2. The Hall–Kier alpha value is -1.17. The number of rotatable bonds is 7. The molecule has 0 aliphatic rings. The van der Waals surface area contributed by atoms with E-state index in [1.54, 1.807) is 0 Å². The highest BCUT2D eigenvalue weighted by Crippen LogP contribution is 2.23. The molecule has 0 spiro atoms. The highest BCUT2D eigenvalue weighted by Gasteiger charge is 2.18. The zero-order chi connectivity index (χ0) is 12.8. The van der Waals surface area contributed by atoms with Gasteiger partial charge in [-0.3, -0.25) is 0 Å². The van der Waals surface area contributed by atoms with Gasteiger partial charge in [0.2, 0.25) is 5.13 Å². The van der Waals surface area contributed by atoms with Crippen molar-refractivity contribution in [3.63, 3.8) is 0 Å². The third-order valence-electron chi connectivity index (χ3n) is 2.38. The number of carboxylic acid groups (broad SMARTS) is 1. The van der Waals surface area contributed by atoms with Crippen LogP contribution in [0.1, 0.15) is 51.0 Å². The second kappa shape index (κ2) is 6.54. The highest BCUT2D eigenvalue weighted by atomic mass is 32.1. The van der Waals surface area contributed by atoms with Crippen LogP contribution in [-0.4, -0.2) is 27.3 Å². The number of nitrogens with one attached hydrogen (secondary N) is 1. The van der Waals surface area contributed by atoms with Crippen molar-refractivity contribution in [2.24, 2.45) is 0 Å². The van der Waals surface area contributed by atoms with Crippen LogP contribution in [0.15, 0.2) is 0 Å². The SMILES string of the molecule is CCCC[C@H](Nc1nnc(C(C)C)s1)C(=O)O. The summed E-state index contributed by atoms with van der Waals surface area (Å²) in [6.07, 6.45) is 2.49. The van der Waals surface area contributed by atoms with Crippen LogP contribution >= 0.6 is 11.3 Å². The molecule has 17 heavy (non-hydrogen) atoms. The standard InChI is InChI=1S/C11H19N3O2S/c1-4-5-6-8(10(15)16)12-11-14-13-9(17-11)7(2)3/h7-8H,4-6H2,1-3H3,(H,12,14)(H,15,16)/t8-/m0/s1. The Kier molecular flexibility index (Phi) is 5.34. The number of aromatic nitrogens is 2. The molecule has 96 valence electrons. The van der Waals surface area contributed by atoms with E-state index < -0.39 is 12.0 Å². The molecule has 1 aromatic heterocycles. The second-order valence-electron chi connectivity index (χ2n) is 4.28. The summed E-state index contributed by atoms with van der Waals surface area (Å²) in [4.78, 5) is 11.0. The molecule has 0 saturated heterocycles. The van der Waals surface area contributed by atoms with Crippen LogP contribution in [0.25, 0.3) is 0 Å². The Bertz CT molecular complexity index is 365. The molecule has 0 aliphatic heterocycles. The second-order valence-corrected chi connectivity index (χ2v) is 5.29. The first-order valence-electron chi connectivity index (χ1n) is 5.87. The molecule has 2 N–H and O–H groups in total. The monoisotopic (exact) mass is 257 g/mol. The van der Waals surface area contributed by atoms with E-state index in [0.717, 1.165) is 17.8 Å². The summed E-state index contributed by atoms with van der Waals surface area (Å²) < 4.78 is 0. The maximum Gasteiger partial charge on any atom is 0.326 e. The number of hydrogen-bond acceptors (Lipinski definition) is 5. The topological polar surface area (TPSA) is 75.1 Å². The highest BCUT2D eigenvalue weighted by molar-refractivity contribution is 7.15. The third kappa shape index (κ3) is 4.30. The minimum Gasteiger partial charge on any atom is -0.480 e. The summed E-state index contributed by atoms with van der Waals surface area (Å²) in [6, 6.07) is -0.567. The molecule has 0 amide bonds. The largest absolute Gasteiger partial charge is 0.480 e. The summed E-state index contributed by atoms with van der Waals surface area (Å²) >= 11 is 1.42. The Morgan fingerprint density at radius 3 is 2.65 bits per heavy atom. The van der Waals surface area contributed by atoms with E-state index in [-0.39, 0.29) is 0 Å². The fraction of sp³-hybridized carbons (Fsp3) is 0.727. The lowest BCUT2D eigenvalue weighted by Gasteiger charge is -2.12. The van der Waals surface area contributed by atoms with Gasteiger partial charge in [0.25, 0.3) is 0 Å². The van der Waals surface area contributed by atoms with Crippen LogP contribution in [0.2, 0.25) is 0 Å². The van der Waals surface area contributed by atoms with Crippen molar-refractivity contribution in [3.05, 3.63) is 5.01 Å². The van der Waals surface area contributed by atoms with Gasteiger partial charge in [-0.1, -0.05) is 44.9 Å². The van der Waals surface area contributed by atoms with E-state index in [1.807, 2.05) is 20.8 Å². The lowest BCUT2D eigenvalue weighted by Crippen LogP contribution is -2.29. The van der Waals surface area contributed by atoms with Gasteiger partial charge < -0.3 is 10.4 Å². The number of unbranched alkanes of at least 4 members (excludes halogenated alkanes) is 1. The van der Waals surface area contributed by atoms with Gasteiger partial charge in [-0.15, -0.1) is 10.2 Å². The number of anilines is 1. The fourth-order valence-corrected chi connectivity index (χ4v) is 2.14. The van der Waals surface area contributed by atoms with Crippen molar-refractivity contribution >= 4 is 22.4 Å². The molecule has 0 aliphatic carbocycles. The van der Waals surface area contributed by atoms with E-state index >= 15 is 0 Å². The van der Waals surface area contributed by atoms with E-state index in [2.05, 4.69) is 15.5 Å². The van der Waals surface area contributed by atoms with Gasteiger partial charge in [0.15, 0.2) is 0 Å². The van der Waals surface area contributed by atoms with Crippen molar-refractivity contribution in [2.45, 2.75) is 52.0 Å². The average molecular weight is 257 g/mol. The lowest BCUT2D eigenvalue weighted by molar-refractivity contribution is -0.138. The van der Waals surface area contributed by atoms with E-state index in [1.165, 1.54) is 11.3 Å². The molecule has 1 aromatic rings. The summed E-state index contributed by atoms with van der Waals surface area (Å²) in [5, 5.41) is 21.5. The summed E-state index contributed by atoms with van der Waals surface area (Å²) in [5.41, 5.74) is 0. The fourth-order valence-electron chi connectivity index (χ4n) is 1.34. The molecule has 0 unspecified atom stereocenters. The Labute approximate surface area is 105 Å². The van der Waals surface area contributed by atoms with Crippen molar-refractivity contribution < 1.29 is 9.90 Å². The molecule has 1 rings (SSSR count). The number of carboxylic acids is 1. The van der Waals surface area contributed by atoms with Crippen LogP contribution in [-0.2, 0) is 4.79 Å². The van der Waals surface area contributed by atoms with Gasteiger partial charge in [-0.25, -0.2) is 4.79 Å². The lowest BCUT2D eigenvalue weighted by atomic mass is 10.1. The third-order valence-corrected chi connectivity index (χ3v) is 3.53. The number of nitrogens with zero attached hydrogens (tertiary/aromatic N) is 2.